The van der Waals surface area contributed by atoms with Crippen molar-refractivity contribution in [2.24, 2.45) is 17.8 Å². The molecule has 0 aromatic heterocycles. The lowest BCUT2D eigenvalue weighted by molar-refractivity contribution is 0.168. The Labute approximate surface area is 114 Å². The molecule has 2 atom stereocenters. The first-order valence-electron chi connectivity index (χ1n) is 7.21. The number of halogens is 2. The Morgan fingerprint density at radius 1 is 1.21 bits per heavy atom. The lowest BCUT2D eigenvalue weighted by atomic mass is 9.70. The highest BCUT2D eigenvalue weighted by molar-refractivity contribution is 5.20. The Morgan fingerprint density at radius 2 is 1.95 bits per heavy atom. The van der Waals surface area contributed by atoms with Crippen LogP contribution in [-0.2, 0) is 6.42 Å². The molecule has 106 valence electrons. The van der Waals surface area contributed by atoms with Crippen LogP contribution in [0.2, 0.25) is 0 Å². The third-order valence-electron chi connectivity index (χ3n) is 4.05. The maximum absolute atomic E-state index is 13.6. The zero-order valence-electron chi connectivity index (χ0n) is 11.8. The third-order valence-corrected chi connectivity index (χ3v) is 4.05. The van der Waals surface area contributed by atoms with Crippen LogP contribution in [0.3, 0.4) is 0 Å². The first-order chi connectivity index (χ1) is 9.08. The molecular weight excluding hydrogens is 244 g/mol. The van der Waals surface area contributed by atoms with Gasteiger partial charge >= 0.3 is 0 Å². The fraction of sp³-hybridized carbons (Fsp3) is 0.625. The predicted molar refractivity (Wildman–Crippen MR) is 74.0 cm³/mol. The van der Waals surface area contributed by atoms with Gasteiger partial charge in [-0.25, -0.2) is 8.78 Å². The van der Waals surface area contributed by atoms with Crippen molar-refractivity contribution < 1.29 is 8.78 Å². The largest absolute Gasteiger partial charge is 0.316 e. The van der Waals surface area contributed by atoms with Crippen LogP contribution in [0.5, 0.6) is 0 Å². The fourth-order valence-electron chi connectivity index (χ4n) is 2.72. The second-order valence-corrected chi connectivity index (χ2v) is 6.07. The summed E-state index contributed by atoms with van der Waals surface area (Å²) in [6, 6.07) is 4.48. The Hall–Kier alpha value is -0.960. The van der Waals surface area contributed by atoms with Gasteiger partial charge in [0.1, 0.15) is 0 Å². The topological polar surface area (TPSA) is 12.0 Å². The lowest BCUT2D eigenvalue weighted by Gasteiger charge is -2.37. The Bertz CT molecular complexity index is 417. The van der Waals surface area contributed by atoms with Crippen molar-refractivity contribution in [1.29, 1.82) is 0 Å². The van der Waals surface area contributed by atoms with E-state index >= 15 is 0 Å². The average molecular weight is 267 g/mol. The minimum absolute atomic E-state index is 0.496. The van der Waals surface area contributed by atoms with Crippen LogP contribution in [-0.4, -0.2) is 13.1 Å². The van der Waals surface area contributed by atoms with Crippen LogP contribution in [0, 0.1) is 29.4 Å². The second kappa shape index (κ2) is 6.47. The van der Waals surface area contributed by atoms with Crippen molar-refractivity contribution in [3.8, 4) is 0 Å². The molecule has 1 N–H and O–H groups in total. The van der Waals surface area contributed by atoms with Gasteiger partial charge in [0.25, 0.3) is 0 Å². The SMILES string of the molecule is CC(C)CNCC1CCC1Cc1cccc(F)c1F. The van der Waals surface area contributed by atoms with Crippen molar-refractivity contribution in [3.63, 3.8) is 0 Å². The Morgan fingerprint density at radius 3 is 2.58 bits per heavy atom. The predicted octanol–water partition coefficient (Wildman–Crippen LogP) is 3.78. The molecule has 0 radical (unpaired) electrons. The molecule has 0 amide bonds. The molecule has 0 saturated heterocycles. The van der Waals surface area contributed by atoms with Crippen LogP contribution in [0.1, 0.15) is 32.3 Å². The Kier molecular flexibility index (Phi) is 4.92. The summed E-state index contributed by atoms with van der Waals surface area (Å²) in [7, 11) is 0. The molecule has 0 spiro atoms. The highest BCUT2D eigenvalue weighted by Gasteiger charge is 2.31. The van der Waals surface area contributed by atoms with Crippen LogP contribution >= 0.6 is 0 Å². The number of rotatable bonds is 6. The molecule has 0 aliphatic heterocycles. The van der Waals surface area contributed by atoms with Crippen molar-refractivity contribution in [3.05, 3.63) is 35.4 Å². The summed E-state index contributed by atoms with van der Waals surface area (Å²) in [5, 5.41) is 3.46. The van der Waals surface area contributed by atoms with Gasteiger partial charge in [0, 0.05) is 0 Å². The molecule has 2 unspecified atom stereocenters. The fourth-order valence-corrected chi connectivity index (χ4v) is 2.72. The zero-order valence-corrected chi connectivity index (χ0v) is 11.8. The van der Waals surface area contributed by atoms with Crippen LogP contribution in [0.4, 0.5) is 8.78 Å². The summed E-state index contributed by atoms with van der Waals surface area (Å²) in [5.74, 6) is 0.367. The monoisotopic (exact) mass is 267 g/mol. The summed E-state index contributed by atoms with van der Waals surface area (Å²) >= 11 is 0. The number of benzene rings is 1. The van der Waals surface area contributed by atoms with Gasteiger partial charge in [-0.2, -0.15) is 0 Å². The van der Waals surface area contributed by atoms with E-state index < -0.39 is 11.6 Å². The van der Waals surface area contributed by atoms with Crippen LogP contribution in [0.25, 0.3) is 0 Å². The molecule has 1 nitrogen and oxygen atoms in total. The lowest BCUT2D eigenvalue weighted by Crippen LogP contribution is -2.37. The standard InChI is InChI=1S/C16H23F2N/c1-11(2)9-19-10-14-7-6-12(14)8-13-4-3-5-15(17)16(13)18/h3-5,11-12,14,19H,6-10H2,1-2H3. The number of nitrogens with one attached hydrogen (secondary N) is 1. The zero-order chi connectivity index (χ0) is 13.8. The van der Waals surface area contributed by atoms with Crippen LogP contribution < -0.4 is 5.32 Å². The van der Waals surface area contributed by atoms with E-state index in [1.807, 2.05) is 0 Å². The Balaban J connectivity index is 1.84. The van der Waals surface area contributed by atoms with Gasteiger partial charge in [-0.3, -0.25) is 0 Å². The van der Waals surface area contributed by atoms with E-state index in [0.29, 0.717) is 29.7 Å². The molecule has 1 saturated carbocycles. The van der Waals surface area contributed by atoms with Gasteiger partial charge in [0.05, 0.1) is 0 Å². The highest BCUT2D eigenvalue weighted by atomic mass is 19.2. The van der Waals surface area contributed by atoms with Gasteiger partial charge in [0.2, 0.25) is 0 Å². The van der Waals surface area contributed by atoms with E-state index in [0.717, 1.165) is 19.5 Å². The van der Waals surface area contributed by atoms with Crippen molar-refractivity contribution >= 4 is 0 Å². The van der Waals surface area contributed by atoms with Crippen molar-refractivity contribution in [2.75, 3.05) is 13.1 Å². The van der Waals surface area contributed by atoms with E-state index in [1.54, 1.807) is 12.1 Å². The normalized spacial score (nSPS) is 22.6. The van der Waals surface area contributed by atoms with Gasteiger partial charge in [-0.1, -0.05) is 26.0 Å². The summed E-state index contributed by atoms with van der Waals surface area (Å²) in [6.07, 6.45) is 2.99. The summed E-state index contributed by atoms with van der Waals surface area (Å²) in [5.41, 5.74) is 0.526. The molecule has 0 heterocycles. The van der Waals surface area contributed by atoms with Gasteiger partial charge in [0.15, 0.2) is 11.6 Å². The molecule has 1 aromatic carbocycles. The molecule has 19 heavy (non-hydrogen) atoms. The van der Waals surface area contributed by atoms with Crippen LogP contribution in [0.15, 0.2) is 18.2 Å². The second-order valence-electron chi connectivity index (χ2n) is 6.07. The van der Waals surface area contributed by atoms with Gasteiger partial charge in [-0.05, 0) is 61.7 Å². The quantitative estimate of drug-likeness (QED) is 0.827. The summed E-state index contributed by atoms with van der Waals surface area (Å²) in [4.78, 5) is 0. The number of hydrogen-bond acceptors (Lipinski definition) is 1. The molecular formula is C16H23F2N. The molecule has 1 aliphatic rings. The van der Waals surface area contributed by atoms with E-state index in [1.165, 1.54) is 12.5 Å². The molecule has 1 aliphatic carbocycles. The molecule has 2 rings (SSSR count). The molecule has 1 aromatic rings. The summed E-state index contributed by atoms with van der Waals surface area (Å²) < 4.78 is 26.8. The van der Waals surface area contributed by atoms with E-state index in [2.05, 4.69) is 19.2 Å². The van der Waals surface area contributed by atoms with E-state index in [4.69, 9.17) is 0 Å². The first kappa shape index (κ1) is 14.4. The smallest absolute Gasteiger partial charge is 0.162 e. The summed E-state index contributed by atoms with van der Waals surface area (Å²) in [6.45, 7) is 6.40. The molecule has 3 heteroatoms. The molecule has 0 bridgehead atoms. The first-order valence-corrected chi connectivity index (χ1v) is 7.21. The van der Waals surface area contributed by atoms with Crippen molar-refractivity contribution in [2.45, 2.75) is 33.1 Å². The maximum Gasteiger partial charge on any atom is 0.162 e. The highest BCUT2D eigenvalue weighted by Crippen LogP contribution is 2.36. The minimum atomic E-state index is -0.730. The van der Waals surface area contributed by atoms with Gasteiger partial charge < -0.3 is 5.32 Å². The average Bonchev–Trinajstić information content (AvgIpc) is 2.34. The van der Waals surface area contributed by atoms with E-state index in [9.17, 15) is 8.78 Å². The number of hydrogen-bond donors (Lipinski definition) is 1. The minimum Gasteiger partial charge on any atom is -0.316 e. The van der Waals surface area contributed by atoms with Crippen molar-refractivity contribution in [1.82, 2.24) is 5.32 Å². The molecule has 1 fully saturated rings. The van der Waals surface area contributed by atoms with Gasteiger partial charge in [-0.15, -0.1) is 0 Å². The third kappa shape index (κ3) is 3.75. The maximum atomic E-state index is 13.6. The van der Waals surface area contributed by atoms with E-state index in [-0.39, 0.29) is 0 Å².